The molecule has 126 valence electrons. The molecule has 0 bridgehead atoms. The maximum absolute atomic E-state index is 11.8. The lowest BCUT2D eigenvalue weighted by Crippen LogP contribution is -1.95. The molecule has 3 nitrogen and oxygen atoms in total. The summed E-state index contributed by atoms with van der Waals surface area (Å²) in [7, 11) is 0. The summed E-state index contributed by atoms with van der Waals surface area (Å²) in [6.07, 6.45) is 0. The van der Waals surface area contributed by atoms with Crippen molar-refractivity contribution in [3.8, 4) is 22.3 Å². The van der Waals surface area contributed by atoms with Crippen LogP contribution in [0.3, 0.4) is 0 Å². The van der Waals surface area contributed by atoms with Gasteiger partial charge in [0.15, 0.2) is 0 Å². The molecule has 4 heteroatoms. The number of rotatable bonds is 3. The molecular weight excluding hydrogens is 346 g/mol. The summed E-state index contributed by atoms with van der Waals surface area (Å²) in [6, 6.07) is 26.3. The minimum absolute atomic E-state index is 0.0683. The third kappa shape index (κ3) is 2.72. The fraction of sp³-hybridized carbons (Fsp3) is 0. The average Bonchev–Trinajstić information content (AvgIpc) is 2.67. The third-order valence-electron chi connectivity index (χ3n) is 4.46. The zero-order valence-electron chi connectivity index (χ0n) is 13.7. The Morgan fingerprint density at radius 2 is 1.31 bits per heavy atom. The van der Waals surface area contributed by atoms with Crippen LogP contribution in [0.2, 0.25) is 5.02 Å². The van der Waals surface area contributed by atoms with Gasteiger partial charge in [0.05, 0.1) is 10.5 Å². The van der Waals surface area contributed by atoms with Gasteiger partial charge in [-0.25, -0.2) is 0 Å². The van der Waals surface area contributed by atoms with Gasteiger partial charge in [-0.05, 0) is 28.0 Å². The molecular formula is C22H14ClNO2. The van der Waals surface area contributed by atoms with Gasteiger partial charge in [0.2, 0.25) is 0 Å². The Kier molecular flexibility index (Phi) is 4.15. The molecule has 0 N–H and O–H groups in total. The summed E-state index contributed by atoms with van der Waals surface area (Å²) in [4.78, 5) is 11.4. The van der Waals surface area contributed by atoms with E-state index in [1.807, 2.05) is 66.7 Å². The largest absolute Gasteiger partial charge is 0.277 e. The molecule has 4 aromatic rings. The highest BCUT2D eigenvalue weighted by molar-refractivity contribution is 6.33. The number of nitro benzene ring substituents is 1. The number of nitrogens with zero attached hydrogens (tertiary/aromatic N) is 1. The first-order chi connectivity index (χ1) is 12.7. The van der Waals surface area contributed by atoms with Crippen LogP contribution in [0, 0.1) is 10.1 Å². The molecule has 0 heterocycles. The first-order valence-electron chi connectivity index (χ1n) is 8.17. The number of hydrogen-bond donors (Lipinski definition) is 0. The standard InChI is InChI=1S/C22H14ClNO2/c23-20-13-4-3-10-17(20)19-12-6-14-21(24(25)26)22(19)18-11-5-8-15-7-1-2-9-16(15)18/h1-14H. The van der Waals surface area contributed by atoms with Crippen LogP contribution in [0.5, 0.6) is 0 Å². The number of benzene rings is 4. The van der Waals surface area contributed by atoms with Crippen LogP contribution in [-0.2, 0) is 0 Å². The van der Waals surface area contributed by atoms with Crippen molar-refractivity contribution in [2.45, 2.75) is 0 Å². The van der Waals surface area contributed by atoms with Gasteiger partial charge in [-0.15, -0.1) is 0 Å². The Hall–Kier alpha value is -3.17. The van der Waals surface area contributed by atoms with E-state index < -0.39 is 0 Å². The lowest BCUT2D eigenvalue weighted by atomic mass is 9.90. The quantitative estimate of drug-likeness (QED) is 0.300. The fourth-order valence-electron chi connectivity index (χ4n) is 3.32. The maximum atomic E-state index is 11.8. The Balaban J connectivity index is 2.13. The second-order valence-electron chi connectivity index (χ2n) is 5.96. The van der Waals surface area contributed by atoms with Gasteiger partial charge >= 0.3 is 0 Å². The molecule has 0 amide bonds. The molecule has 0 aromatic heterocycles. The SMILES string of the molecule is O=[N+]([O-])c1cccc(-c2ccccc2Cl)c1-c1cccc2ccccc12. The van der Waals surface area contributed by atoms with E-state index in [-0.39, 0.29) is 10.6 Å². The van der Waals surface area contributed by atoms with Crippen LogP contribution in [0.15, 0.2) is 84.9 Å². The smallest absolute Gasteiger partial charge is 0.258 e. The van der Waals surface area contributed by atoms with Crippen molar-refractivity contribution >= 4 is 28.1 Å². The molecule has 0 saturated carbocycles. The van der Waals surface area contributed by atoms with Gasteiger partial charge in [0, 0.05) is 16.7 Å². The van der Waals surface area contributed by atoms with E-state index in [1.54, 1.807) is 12.1 Å². The zero-order chi connectivity index (χ0) is 18.1. The van der Waals surface area contributed by atoms with E-state index >= 15 is 0 Å². The van der Waals surface area contributed by atoms with Gasteiger partial charge in [-0.3, -0.25) is 10.1 Å². The van der Waals surface area contributed by atoms with E-state index in [2.05, 4.69) is 0 Å². The summed E-state index contributed by atoms with van der Waals surface area (Å²) in [5.41, 5.74) is 3.01. The van der Waals surface area contributed by atoms with Crippen molar-refractivity contribution in [2.75, 3.05) is 0 Å². The lowest BCUT2D eigenvalue weighted by molar-refractivity contribution is -0.384. The molecule has 0 aliphatic heterocycles. The lowest BCUT2D eigenvalue weighted by Gasteiger charge is -2.14. The molecule has 0 atom stereocenters. The Labute approximate surface area is 155 Å². The maximum Gasteiger partial charge on any atom is 0.277 e. The van der Waals surface area contributed by atoms with Crippen LogP contribution in [-0.4, -0.2) is 4.92 Å². The van der Waals surface area contributed by atoms with Gasteiger partial charge < -0.3 is 0 Å². The monoisotopic (exact) mass is 359 g/mol. The molecule has 0 aliphatic rings. The number of fused-ring (bicyclic) bond motifs is 1. The highest BCUT2D eigenvalue weighted by Gasteiger charge is 2.22. The van der Waals surface area contributed by atoms with Crippen LogP contribution >= 0.6 is 11.6 Å². The Morgan fingerprint density at radius 3 is 2.12 bits per heavy atom. The topological polar surface area (TPSA) is 43.1 Å². The highest BCUT2D eigenvalue weighted by atomic mass is 35.5. The van der Waals surface area contributed by atoms with E-state index in [4.69, 9.17) is 11.6 Å². The molecule has 0 fully saturated rings. The molecule has 0 spiro atoms. The zero-order valence-corrected chi connectivity index (χ0v) is 14.5. The second kappa shape index (κ2) is 6.62. The summed E-state index contributed by atoms with van der Waals surface area (Å²) < 4.78 is 0. The first kappa shape index (κ1) is 16.3. The summed E-state index contributed by atoms with van der Waals surface area (Å²) >= 11 is 6.40. The summed E-state index contributed by atoms with van der Waals surface area (Å²) in [5, 5.41) is 14.3. The van der Waals surface area contributed by atoms with E-state index in [0.717, 1.165) is 27.5 Å². The second-order valence-corrected chi connectivity index (χ2v) is 6.37. The summed E-state index contributed by atoms with van der Waals surface area (Å²) in [5.74, 6) is 0. The first-order valence-corrected chi connectivity index (χ1v) is 8.55. The molecule has 0 radical (unpaired) electrons. The van der Waals surface area contributed by atoms with E-state index in [0.29, 0.717) is 10.6 Å². The van der Waals surface area contributed by atoms with Crippen molar-refractivity contribution < 1.29 is 4.92 Å². The number of nitro groups is 1. The van der Waals surface area contributed by atoms with Gasteiger partial charge in [0.1, 0.15) is 0 Å². The predicted octanol–water partition coefficient (Wildman–Crippen LogP) is 6.74. The molecule has 26 heavy (non-hydrogen) atoms. The molecule has 0 aliphatic carbocycles. The van der Waals surface area contributed by atoms with Crippen molar-refractivity contribution in [2.24, 2.45) is 0 Å². The molecule has 4 aromatic carbocycles. The average molecular weight is 360 g/mol. The summed E-state index contributed by atoms with van der Waals surface area (Å²) in [6.45, 7) is 0. The van der Waals surface area contributed by atoms with E-state index in [1.165, 1.54) is 6.07 Å². The normalized spacial score (nSPS) is 10.8. The van der Waals surface area contributed by atoms with Crippen molar-refractivity contribution in [1.29, 1.82) is 0 Å². The molecule has 4 rings (SSSR count). The third-order valence-corrected chi connectivity index (χ3v) is 4.79. The minimum Gasteiger partial charge on any atom is -0.258 e. The highest BCUT2D eigenvalue weighted by Crippen LogP contribution is 2.43. The van der Waals surface area contributed by atoms with Crippen LogP contribution in [0.25, 0.3) is 33.0 Å². The van der Waals surface area contributed by atoms with Gasteiger partial charge in [-0.1, -0.05) is 84.4 Å². The van der Waals surface area contributed by atoms with Crippen molar-refractivity contribution in [3.05, 3.63) is 100 Å². The van der Waals surface area contributed by atoms with Crippen molar-refractivity contribution in [1.82, 2.24) is 0 Å². The fourth-order valence-corrected chi connectivity index (χ4v) is 3.56. The van der Waals surface area contributed by atoms with Crippen LogP contribution in [0.1, 0.15) is 0 Å². The van der Waals surface area contributed by atoms with Gasteiger partial charge in [0.25, 0.3) is 5.69 Å². The van der Waals surface area contributed by atoms with Crippen LogP contribution in [0.4, 0.5) is 5.69 Å². The molecule has 0 saturated heterocycles. The Bertz CT molecular complexity index is 1130. The molecule has 0 unspecified atom stereocenters. The van der Waals surface area contributed by atoms with E-state index in [9.17, 15) is 10.1 Å². The predicted molar refractivity (Wildman–Crippen MR) is 106 cm³/mol. The Morgan fingerprint density at radius 1 is 0.692 bits per heavy atom. The van der Waals surface area contributed by atoms with Crippen molar-refractivity contribution in [3.63, 3.8) is 0 Å². The number of halogens is 1. The van der Waals surface area contributed by atoms with Crippen LogP contribution < -0.4 is 0 Å². The number of hydrogen-bond acceptors (Lipinski definition) is 2. The minimum atomic E-state index is -0.336. The van der Waals surface area contributed by atoms with Gasteiger partial charge in [-0.2, -0.15) is 0 Å².